The minimum Gasteiger partial charge on any atom is -0.488 e. The summed E-state index contributed by atoms with van der Waals surface area (Å²) in [5.74, 6) is 1.06. The molecule has 0 bridgehead atoms. The summed E-state index contributed by atoms with van der Waals surface area (Å²) in [6.45, 7) is 4.46. The predicted molar refractivity (Wildman–Crippen MR) is 86.3 cm³/mol. The number of nitrogens with one attached hydrogen (secondary N) is 1. The van der Waals surface area contributed by atoms with Gasteiger partial charge in [-0.15, -0.1) is 0 Å². The van der Waals surface area contributed by atoms with E-state index in [9.17, 15) is 0 Å². The average molecular weight is 338 g/mol. The number of fused-ring (bicyclic) bond motifs is 1. The molecule has 1 heterocycles. The fraction of sp³-hybridized carbons (Fsp3) is 0.647. The van der Waals surface area contributed by atoms with Gasteiger partial charge in [-0.3, -0.25) is 0 Å². The average Bonchev–Trinajstić information content (AvgIpc) is 3.05. The Morgan fingerprint density at radius 3 is 2.90 bits per heavy atom. The van der Waals surface area contributed by atoms with E-state index >= 15 is 0 Å². The van der Waals surface area contributed by atoms with Crippen LogP contribution in [0.1, 0.15) is 44.6 Å². The van der Waals surface area contributed by atoms with Crippen LogP contribution in [-0.2, 0) is 6.42 Å². The number of ether oxygens (including phenoxy) is 1. The third kappa shape index (κ3) is 3.04. The zero-order valence-corrected chi connectivity index (χ0v) is 13.8. The standard InChI is InChI=1S/C17H24BrNO/c1-2-17(7-3-4-8-17)12-19-11-15-10-13-9-14(18)5-6-16(13)20-15/h5-6,9,15,19H,2-4,7-8,10-12H2,1H3. The third-order valence-electron chi connectivity index (χ3n) is 5.05. The van der Waals surface area contributed by atoms with Crippen molar-refractivity contribution in [2.75, 3.05) is 13.1 Å². The van der Waals surface area contributed by atoms with Crippen LogP contribution in [0.25, 0.3) is 0 Å². The number of benzene rings is 1. The molecular formula is C17H24BrNO. The van der Waals surface area contributed by atoms with Gasteiger partial charge in [-0.2, -0.15) is 0 Å². The Kier molecular flexibility index (Phi) is 4.37. The highest BCUT2D eigenvalue weighted by Gasteiger charge is 2.32. The lowest BCUT2D eigenvalue weighted by atomic mass is 9.83. The van der Waals surface area contributed by atoms with Crippen LogP contribution in [0.2, 0.25) is 0 Å². The third-order valence-corrected chi connectivity index (χ3v) is 5.54. The lowest BCUT2D eigenvalue weighted by molar-refractivity contribution is 0.206. The van der Waals surface area contributed by atoms with E-state index in [-0.39, 0.29) is 0 Å². The molecule has 3 heteroatoms. The zero-order valence-electron chi connectivity index (χ0n) is 12.3. The summed E-state index contributed by atoms with van der Waals surface area (Å²) in [5, 5.41) is 3.67. The van der Waals surface area contributed by atoms with Gasteiger partial charge >= 0.3 is 0 Å². The first-order valence-corrected chi connectivity index (χ1v) is 8.66. The molecule has 0 aromatic heterocycles. The highest BCUT2D eigenvalue weighted by atomic mass is 79.9. The zero-order chi connectivity index (χ0) is 14.0. The van der Waals surface area contributed by atoms with Crippen molar-refractivity contribution in [1.29, 1.82) is 0 Å². The summed E-state index contributed by atoms with van der Waals surface area (Å²) < 4.78 is 7.15. The molecule has 0 spiro atoms. The predicted octanol–water partition coefficient (Wildman–Crippen LogP) is 4.31. The highest BCUT2D eigenvalue weighted by Crippen LogP contribution is 2.40. The van der Waals surface area contributed by atoms with Gasteiger partial charge in [-0.1, -0.05) is 35.7 Å². The molecule has 0 amide bonds. The normalized spacial score (nSPS) is 23.6. The largest absolute Gasteiger partial charge is 0.488 e. The maximum atomic E-state index is 6.01. The topological polar surface area (TPSA) is 21.3 Å². The molecule has 1 atom stereocenters. The molecule has 1 fully saturated rings. The molecule has 0 radical (unpaired) electrons. The van der Waals surface area contributed by atoms with Crippen LogP contribution in [0, 0.1) is 5.41 Å². The molecule has 1 aromatic carbocycles. The molecule has 2 nitrogen and oxygen atoms in total. The van der Waals surface area contributed by atoms with Crippen LogP contribution >= 0.6 is 15.9 Å². The molecule has 1 saturated carbocycles. The van der Waals surface area contributed by atoms with Crippen LogP contribution < -0.4 is 10.1 Å². The van der Waals surface area contributed by atoms with Crippen molar-refractivity contribution in [3.8, 4) is 5.75 Å². The molecule has 3 rings (SSSR count). The summed E-state index contributed by atoms with van der Waals surface area (Å²) in [6.07, 6.45) is 8.25. The molecule has 1 aliphatic heterocycles. The number of rotatable bonds is 5. The second-order valence-corrected chi connectivity index (χ2v) is 7.30. The smallest absolute Gasteiger partial charge is 0.123 e. The first-order chi connectivity index (χ1) is 9.71. The van der Waals surface area contributed by atoms with Crippen LogP contribution in [0.3, 0.4) is 0 Å². The van der Waals surface area contributed by atoms with Crippen LogP contribution in [0.15, 0.2) is 22.7 Å². The van der Waals surface area contributed by atoms with Crippen molar-refractivity contribution < 1.29 is 4.74 Å². The van der Waals surface area contributed by atoms with Gasteiger partial charge in [0, 0.05) is 24.0 Å². The lowest BCUT2D eigenvalue weighted by Gasteiger charge is -2.28. The van der Waals surface area contributed by atoms with E-state index in [1.165, 1.54) is 37.7 Å². The molecule has 2 aliphatic rings. The van der Waals surface area contributed by atoms with Gasteiger partial charge in [0.15, 0.2) is 0 Å². The van der Waals surface area contributed by atoms with Crippen molar-refractivity contribution >= 4 is 15.9 Å². The molecule has 1 aliphatic carbocycles. The van der Waals surface area contributed by atoms with Crippen LogP contribution in [0.5, 0.6) is 5.75 Å². The Hall–Kier alpha value is -0.540. The maximum absolute atomic E-state index is 6.01. The minimum absolute atomic E-state index is 0.301. The second-order valence-electron chi connectivity index (χ2n) is 6.39. The Labute approximate surface area is 130 Å². The lowest BCUT2D eigenvalue weighted by Crippen LogP contribution is -2.37. The molecule has 1 unspecified atom stereocenters. The first-order valence-electron chi connectivity index (χ1n) is 7.87. The Balaban J connectivity index is 1.49. The Morgan fingerprint density at radius 1 is 1.35 bits per heavy atom. The van der Waals surface area contributed by atoms with Crippen molar-refractivity contribution in [1.82, 2.24) is 5.32 Å². The van der Waals surface area contributed by atoms with E-state index < -0.39 is 0 Å². The summed E-state index contributed by atoms with van der Waals surface area (Å²) >= 11 is 3.53. The van der Waals surface area contributed by atoms with E-state index in [1.54, 1.807) is 0 Å². The van der Waals surface area contributed by atoms with Crippen molar-refractivity contribution in [2.45, 2.75) is 51.6 Å². The Bertz CT molecular complexity index is 468. The fourth-order valence-electron chi connectivity index (χ4n) is 3.68. The summed E-state index contributed by atoms with van der Waals surface area (Å²) in [6, 6.07) is 6.31. The van der Waals surface area contributed by atoms with Gasteiger partial charge in [0.2, 0.25) is 0 Å². The van der Waals surface area contributed by atoms with Gasteiger partial charge in [-0.05, 0) is 48.4 Å². The molecule has 1 aromatic rings. The van der Waals surface area contributed by atoms with E-state index in [4.69, 9.17) is 4.74 Å². The Morgan fingerprint density at radius 2 is 2.15 bits per heavy atom. The molecule has 110 valence electrons. The van der Waals surface area contributed by atoms with Gasteiger partial charge in [0.1, 0.15) is 11.9 Å². The molecule has 0 saturated heterocycles. The number of halogens is 1. The SMILES string of the molecule is CCC1(CNCC2Cc3cc(Br)ccc3O2)CCCC1. The monoisotopic (exact) mass is 337 g/mol. The van der Waals surface area contributed by atoms with Crippen molar-refractivity contribution in [3.05, 3.63) is 28.2 Å². The fourth-order valence-corrected chi connectivity index (χ4v) is 4.09. The quantitative estimate of drug-likeness (QED) is 0.864. The highest BCUT2D eigenvalue weighted by molar-refractivity contribution is 9.10. The van der Waals surface area contributed by atoms with Crippen LogP contribution in [-0.4, -0.2) is 19.2 Å². The molecule has 20 heavy (non-hydrogen) atoms. The first kappa shape index (κ1) is 14.4. The van der Waals surface area contributed by atoms with Crippen molar-refractivity contribution in [3.63, 3.8) is 0 Å². The van der Waals surface area contributed by atoms with Crippen LogP contribution in [0.4, 0.5) is 0 Å². The van der Waals surface area contributed by atoms with E-state index in [1.807, 2.05) is 0 Å². The van der Waals surface area contributed by atoms with E-state index in [2.05, 4.69) is 46.4 Å². The maximum Gasteiger partial charge on any atom is 0.123 e. The molecular weight excluding hydrogens is 314 g/mol. The minimum atomic E-state index is 0.301. The summed E-state index contributed by atoms with van der Waals surface area (Å²) in [4.78, 5) is 0. The van der Waals surface area contributed by atoms with Crippen molar-refractivity contribution in [2.24, 2.45) is 5.41 Å². The van der Waals surface area contributed by atoms with E-state index in [0.717, 1.165) is 29.7 Å². The van der Waals surface area contributed by atoms with Gasteiger partial charge in [-0.25, -0.2) is 0 Å². The van der Waals surface area contributed by atoms with E-state index in [0.29, 0.717) is 11.5 Å². The van der Waals surface area contributed by atoms with Gasteiger partial charge in [0.25, 0.3) is 0 Å². The summed E-state index contributed by atoms with van der Waals surface area (Å²) in [7, 11) is 0. The van der Waals surface area contributed by atoms with Gasteiger partial charge < -0.3 is 10.1 Å². The van der Waals surface area contributed by atoms with Gasteiger partial charge in [0.05, 0.1) is 0 Å². The molecule has 1 N–H and O–H groups in total. The number of hydrogen-bond donors (Lipinski definition) is 1. The summed E-state index contributed by atoms with van der Waals surface area (Å²) in [5.41, 5.74) is 1.89. The second kappa shape index (κ2) is 6.07. The number of hydrogen-bond acceptors (Lipinski definition) is 2.